The molecule has 0 saturated carbocycles. The van der Waals surface area contributed by atoms with Crippen LogP contribution in [0.3, 0.4) is 0 Å². The lowest BCUT2D eigenvalue weighted by Crippen LogP contribution is -2.40. The van der Waals surface area contributed by atoms with Crippen molar-refractivity contribution in [3.8, 4) is 0 Å². The van der Waals surface area contributed by atoms with E-state index in [0.29, 0.717) is 39.0 Å². The first-order valence-electron chi connectivity index (χ1n) is 7.32. The number of benzene rings is 1. The van der Waals surface area contributed by atoms with Crippen LogP contribution in [0.1, 0.15) is 31.2 Å². The zero-order valence-electron chi connectivity index (χ0n) is 12.0. The lowest BCUT2D eigenvalue weighted by molar-refractivity contribution is -0.148. The quantitative estimate of drug-likeness (QED) is 0.781. The van der Waals surface area contributed by atoms with Crippen molar-refractivity contribution in [2.75, 3.05) is 13.2 Å². The highest BCUT2D eigenvalue weighted by Gasteiger charge is 2.33. The monoisotopic (exact) mass is 291 g/mol. The van der Waals surface area contributed by atoms with Gasteiger partial charge < -0.3 is 14.7 Å². The Labute approximate surface area is 124 Å². The number of carboxylic acid groups (broad SMARTS) is 1. The van der Waals surface area contributed by atoms with Gasteiger partial charge in [-0.2, -0.15) is 0 Å². The van der Waals surface area contributed by atoms with Crippen LogP contribution in [-0.4, -0.2) is 41.1 Å². The molecule has 1 fully saturated rings. The van der Waals surface area contributed by atoms with Gasteiger partial charge in [0.1, 0.15) is 6.04 Å². The van der Waals surface area contributed by atoms with E-state index < -0.39 is 12.0 Å². The van der Waals surface area contributed by atoms with E-state index >= 15 is 0 Å². The summed E-state index contributed by atoms with van der Waals surface area (Å²) in [5, 5.41) is 9.05. The van der Waals surface area contributed by atoms with Crippen molar-refractivity contribution in [2.24, 2.45) is 0 Å². The summed E-state index contributed by atoms with van der Waals surface area (Å²) in [5.74, 6) is -0.982. The molecule has 1 amide bonds. The largest absolute Gasteiger partial charge is 0.480 e. The number of likely N-dealkylation sites (tertiary alicyclic amines) is 1. The van der Waals surface area contributed by atoms with Gasteiger partial charge >= 0.3 is 5.97 Å². The molecule has 1 aromatic rings. The lowest BCUT2D eigenvalue weighted by atomic mass is 10.2. The van der Waals surface area contributed by atoms with Gasteiger partial charge in [0, 0.05) is 19.6 Å². The predicted octanol–water partition coefficient (Wildman–Crippen LogP) is 2.06. The second-order valence-electron chi connectivity index (χ2n) is 5.23. The molecule has 0 radical (unpaired) electrons. The fourth-order valence-corrected chi connectivity index (χ4v) is 2.56. The van der Waals surface area contributed by atoms with Gasteiger partial charge in [0.15, 0.2) is 0 Å². The highest BCUT2D eigenvalue weighted by atomic mass is 16.5. The number of hydrogen-bond donors (Lipinski definition) is 1. The Morgan fingerprint density at radius 1 is 1.29 bits per heavy atom. The third kappa shape index (κ3) is 4.56. The van der Waals surface area contributed by atoms with E-state index in [-0.39, 0.29) is 5.91 Å². The zero-order valence-corrected chi connectivity index (χ0v) is 12.0. The van der Waals surface area contributed by atoms with Gasteiger partial charge in [0.25, 0.3) is 0 Å². The average Bonchev–Trinajstić information content (AvgIpc) is 2.97. The maximum absolute atomic E-state index is 12.0. The van der Waals surface area contributed by atoms with Crippen LogP contribution in [0.2, 0.25) is 0 Å². The van der Waals surface area contributed by atoms with E-state index in [1.54, 1.807) is 0 Å². The van der Waals surface area contributed by atoms with E-state index in [9.17, 15) is 9.59 Å². The molecule has 1 heterocycles. The summed E-state index contributed by atoms with van der Waals surface area (Å²) in [6.07, 6.45) is 2.30. The van der Waals surface area contributed by atoms with Crippen LogP contribution >= 0.6 is 0 Å². The summed E-state index contributed by atoms with van der Waals surface area (Å²) < 4.78 is 5.52. The maximum atomic E-state index is 12.0. The number of hydrogen-bond acceptors (Lipinski definition) is 3. The Morgan fingerprint density at radius 2 is 2.05 bits per heavy atom. The van der Waals surface area contributed by atoms with Crippen LogP contribution in [0, 0.1) is 0 Å². The molecule has 1 saturated heterocycles. The molecule has 1 N–H and O–H groups in total. The summed E-state index contributed by atoms with van der Waals surface area (Å²) in [7, 11) is 0. The first-order valence-corrected chi connectivity index (χ1v) is 7.32. The van der Waals surface area contributed by atoms with Crippen molar-refractivity contribution < 1.29 is 19.4 Å². The molecule has 5 heteroatoms. The average molecular weight is 291 g/mol. The Balaban J connectivity index is 1.64. The third-order valence-electron chi connectivity index (χ3n) is 3.65. The number of carbonyl (C=O) groups is 2. The van der Waals surface area contributed by atoms with Crippen LogP contribution in [0.4, 0.5) is 0 Å². The van der Waals surface area contributed by atoms with Crippen molar-refractivity contribution in [2.45, 2.75) is 38.3 Å². The second-order valence-corrected chi connectivity index (χ2v) is 5.23. The number of carbonyl (C=O) groups excluding carboxylic acids is 1. The number of aliphatic carboxylic acids is 1. The van der Waals surface area contributed by atoms with Crippen LogP contribution in [0.5, 0.6) is 0 Å². The molecule has 21 heavy (non-hydrogen) atoms. The molecule has 0 aliphatic carbocycles. The SMILES string of the molecule is O=C(O)C1CCCN1C(=O)CCCOCc1ccccc1. The second kappa shape index (κ2) is 7.78. The van der Waals surface area contributed by atoms with Gasteiger partial charge in [-0.25, -0.2) is 4.79 Å². The molecular formula is C16H21NO4. The molecule has 1 aromatic carbocycles. The number of carboxylic acids is 1. The normalized spacial score (nSPS) is 17.9. The number of rotatable bonds is 7. The van der Waals surface area contributed by atoms with Gasteiger partial charge in [-0.05, 0) is 24.8 Å². The summed E-state index contributed by atoms with van der Waals surface area (Å²) in [4.78, 5) is 24.5. The Bertz CT molecular complexity index is 474. The topological polar surface area (TPSA) is 66.8 Å². The number of nitrogens with zero attached hydrogens (tertiary/aromatic N) is 1. The van der Waals surface area contributed by atoms with Crippen LogP contribution < -0.4 is 0 Å². The standard InChI is InChI=1S/C16H21NO4/c18-15(17-10-4-8-14(17)16(19)20)9-5-11-21-12-13-6-2-1-3-7-13/h1-3,6-7,14H,4-5,8-12H2,(H,19,20). The fraction of sp³-hybridized carbons (Fsp3) is 0.500. The van der Waals surface area contributed by atoms with Crippen LogP contribution in [-0.2, 0) is 20.9 Å². The van der Waals surface area contributed by atoms with Gasteiger partial charge in [-0.15, -0.1) is 0 Å². The fourth-order valence-electron chi connectivity index (χ4n) is 2.56. The minimum atomic E-state index is -0.902. The van der Waals surface area contributed by atoms with Crippen molar-refractivity contribution >= 4 is 11.9 Å². The van der Waals surface area contributed by atoms with E-state index in [1.807, 2.05) is 30.3 Å². The molecule has 0 spiro atoms. The van der Waals surface area contributed by atoms with Crippen LogP contribution in [0.25, 0.3) is 0 Å². The minimum absolute atomic E-state index is 0.0804. The van der Waals surface area contributed by atoms with Gasteiger partial charge in [0.2, 0.25) is 5.91 Å². The summed E-state index contributed by atoms with van der Waals surface area (Å²) >= 11 is 0. The Morgan fingerprint density at radius 3 is 2.76 bits per heavy atom. The molecule has 1 aliphatic heterocycles. The molecule has 2 rings (SSSR count). The number of ether oxygens (including phenoxy) is 1. The molecule has 5 nitrogen and oxygen atoms in total. The summed E-state index contributed by atoms with van der Waals surface area (Å²) in [6.45, 7) is 1.60. The molecule has 1 unspecified atom stereocenters. The predicted molar refractivity (Wildman–Crippen MR) is 77.7 cm³/mol. The van der Waals surface area contributed by atoms with Crippen molar-refractivity contribution in [3.05, 3.63) is 35.9 Å². The van der Waals surface area contributed by atoms with Crippen molar-refractivity contribution in [1.82, 2.24) is 4.90 Å². The molecule has 1 atom stereocenters. The first kappa shape index (κ1) is 15.5. The zero-order chi connectivity index (χ0) is 15.1. The highest BCUT2D eigenvalue weighted by molar-refractivity contribution is 5.84. The summed E-state index contributed by atoms with van der Waals surface area (Å²) in [5.41, 5.74) is 1.11. The first-order chi connectivity index (χ1) is 10.2. The van der Waals surface area contributed by atoms with E-state index in [0.717, 1.165) is 12.0 Å². The summed E-state index contributed by atoms with van der Waals surface area (Å²) in [6, 6.07) is 9.22. The lowest BCUT2D eigenvalue weighted by Gasteiger charge is -2.21. The molecule has 114 valence electrons. The Hall–Kier alpha value is -1.88. The number of amides is 1. The van der Waals surface area contributed by atoms with Crippen molar-refractivity contribution in [1.29, 1.82) is 0 Å². The van der Waals surface area contributed by atoms with Gasteiger partial charge in [0.05, 0.1) is 6.61 Å². The maximum Gasteiger partial charge on any atom is 0.326 e. The molecule has 0 aromatic heterocycles. The van der Waals surface area contributed by atoms with Crippen molar-refractivity contribution in [3.63, 3.8) is 0 Å². The van der Waals surface area contributed by atoms with E-state index in [2.05, 4.69) is 0 Å². The van der Waals surface area contributed by atoms with Gasteiger partial charge in [-0.3, -0.25) is 4.79 Å². The third-order valence-corrected chi connectivity index (χ3v) is 3.65. The van der Waals surface area contributed by atoms with Crippen LogP contribution in [0.15, 0.2) is 30.3 Å². The molecule has 0 bridgehead atoms. The molecule has 1 aliphatic rings. The molecular weight excluding hydrogens is 270 g/mol. The van der Waals surface area contributed by atoms with E-state index in [4.69, 9.17) is 9.84 Å². The van der Waals surface area contributed by atoms with Gasteiger partial charge in [-0.1, -0.05) is 30.3 Å². The van der Waals surface area contributed by atoms with E-state index in [1.165, 1.54) is 4.90 Å². The smallest absolute Gasteiger partial charge is 0.326 e. The minimum Gasteiger partial charge on any atom is -0.480 e. The highest BCUT2D eigenvalue weighted by Crippen LogP contribution is 2.18. The Kier molecular flexibility index (Phi) is 5.75.